The molecule has 0 fully saturated rings. The number of nitrogens with one attached hydrogen (secondary N) is 1. The van der Waals surface area contributed by atoms with E-state index in [1.165, 1.54) is 0 Å². The second kappa shape index (κ2) is 6.48. The van der Waals surface area contributed by atoms with E-state index in [0.717, 1.165) is 28.2 Å². The molecule has 0 saturated carbocycles. The lowest BCUT2D eigenvalue weighted by Crippen LogP contribution is -2.04. The Hall–Kier alpha value is -3.41. The summed E-state index contributed by atoms with van der Waals surface area (Å²) in [5, 5.41) is 3.34. The Balaban J connectivity index is 1.91. The van der Waals surface area contributed by atoms with E-state index in [2.05, 4.69) is 33.7 Å². The number of imidazole rings is 1. The summed E-state index contributed by atoms with van der Waals surface area (Å²) in [6.07, 6.45) is 1.57. The van der Waals surface area contributed by atoms with E-state index in [9.17, 15) is 0 Å². The second-order valence-corrected chi connectivity index (χ2v) is 6.41. The first kappa shape index (κ1) is 16.1. The Bertz CT molecular complexity index is 1050. The van der Waals surface area contributed by atoms with Crippen molar-refractivity contribution >= 4 is 28.4 Å². The first-order valence-corrected chi connectivity index (χ1v) is 8.54. The number of para-hydroxylation sites is 1. The third-order valence-electron chi connectivity index (χ3n) is 4.17. The van der Waals surface area contributed by atoms with Crippen LogP contribution in [0.2, 0.25) is 0 Å². The number of anilines is 3. The van der Waals surface area contributed by atoms with Gasteiger partial charge in [-0.1, -0.05) is 30.3 Å². The lowest BCUT2D eigenvalue weighted by atomic mass is 10.2. The topological polar surface area (TPSA) is 81.7 Å². The smallest absolute Gasteiger partial charge is 0.166 e. The predicted octanol–water partition coefficient (Wildman–Crippen LogP) is 4.40. The Labute approximate surface area is 151 Å². The Morgan fingerprint density at radius 1 is 1.00 bits per heavy atom. The summed E-state index contributed by atoms with van der Waals surface area (Å²) in [4.78, 5) is 13.8. The third-order valence-corrected chi connectivity index (χ3v) is 4.17. The molecular weight excluding hydrogens is 324 g/mol. The van der Waals surface area contributed by atoms with Crippen LogP contribution in [-0.2, 0) is 0 Å². The van der Waals surface area contributed by atoms with Crippen LogP contribution in [-0.4, -0.2) is 19.5 Å². The van der Waals surface area contributed by atoms with Crippen LogP contribution in [0.25, 0.3) is 22.6 Å². The first-order valence-electron chi connectivity index (χ1n) is 8.54. The summed E-state index contributed by atoms with van der Waals surface area (Å²) in [7, 11) is 0. The molecule has 2 aromatic carbocycles. The van der Waals surface area contributed by atoms with E-state index in [1.54, 1.807) is 6.33 Å². The zero-order valence-corrected chi connectivity index (χ0v) is 14.7. The van der Waals surface area contributed by atoms with Gasteiger partial charge in [0.25, 0.3) is 0 Å². The molecule has 4 rings (SSSR count). The minimum atomic E-state index is 0.191. The van der Waals surface area contributed by atoms with Gasteiger partial charge in [-0.3, -0.25) is 0 Å². The van der Waals surface area contributed by atoms with E-state index in [-0.39, 0.29) is 6.04 Å². The maximum Gasteiger partial charge on any atom is 0.166 e. The van der Waals surface area contributed by atoms with Crippen molar-refractivity contribution in [1.82, 2.24) is 19.5 Å². The Kier molecular flexibility index (Phi) is 4.01. The fraction of sp³-hybridized carbons (Fsp3) is 0.150. The number of aromatic nitrogens is 4. The van der Waals surface area contributed by atoms with E-state index < -0.39 is 0 Å². The molecule has 0 atom stereocenters. The van der Waals surface area contributed by atoms with Crippen molar-refractivity contribution in [2.45, 2.75) is 19.9 Å². The number of nitrogens with zero attached hydrogens (tertiary/aromatic N) is 4. The van der Waals surface area contributed by atoms with Gasteiger partial charge in [0, 0.05) is 23.0 Å². The van der Waals surface area contributed by atoms with Crippen molar-refractivity contribution in [3.8, 4) is 11.4 Å². The molecule has 0 spiro atoms. The minimum Gasteiger partial charge on any atom is -0.399 e. The maximum absolute atomic E-state index is 5.97. The van der Waals surface area contributed by atoms with Crippen molar-refractivity contribution < 1.29 is 0 Å². The number of rotatable bonds is 4. The molecular formula is C20H20N6. The van der Waals surface area contributed by atoms with Gasteiger partial charge in [0.1, 0.15) is 12.2 Å². The molecule has 0 bridgehead atoms. The van der Waals surface area contributed by atoms with Gasteiger partial charge in [0.2, 0.25) is 0 Å². The summed E-state index contributed by atoms with van der Waals surface area (Å²) in [5.41, 5.74) is 10.1. The first-order chi connectivity index (χ1) is 12.6. The van der Waals surface area contributed by atoms with Gasteiger partial charge in [-0.25, -0.2) is 15.0 Å². The number of nitrogens with two attached hydrogens (primary N) is 1. The average Bonchev–Trinajstić information content (AvgIpc) is 3.03. The fourth-order valence-electron chi connectivity index (χ4n) is 3.03. The van der Waals surface area contributed by atoms with Crippen LogP contribution >= 0.6 is 0 Å². The van der Waals surface area contributed by atoms with Crippen molar-refractivity contribution in [2.75, 3.05) is 11.1 Å². The molecule has 0 unspecified atom stereocenters. The van der Waals surface area contributed by atoms with Gasteiger partial charge in [0.05, 0.1) is 0 Å². The van der Waals surface area contributed by atoms with Crippen LogP contribution in [0.3, 0.4) is 0 Å². The molecule has 6 heteroatoms. The standard InChI is InChI=1S/C20H20N6/c1-13(2)26-19(14-7-6-8-15(21)11-14)25-17-18(22-12-23-20(17)26)24-16-9-4-3-5-10-16/h3-13H,21H2,1-2H3,(H,22,23,24). The largest absolute Gasteiger partial charge is 0.399 e. The number of benzene rings is 2. The molecule has 2 aromatic heterocycles. The predicted molar refractivity (Wildman–Crippen MR) is 105 cm³/mol. The van der Waals surface area contributed by atoms with Gasteiger partial charge in [-0.2, -0.15) is 0 Å². The fourth-order valence-corrected chi connectivity index (χ4v) is 3.03. The summed E-state index contributed by atoms with van der Waals surface area (Å²) < 4.78 is 2.11. The minimum absolute atomic E-state index is 0.191. The molecule has 0 saturated heterocycles. The monoisotopic (exact) mass is 344 g/mol. The number of hydrogen-bond acceptors (Lipinski definition) is 5. The van der Waals surface area contributed by atoms with Crippen LogP contribution in [0, 0.1) is 0 Å². The molecule has 130 valence electrons. The Morgan fingerprint density at radius 2 is 1.81 bits per heavy atom. The summed E-state index contributed by atoms with van der Waals surface area (Å²) in [6.45, 7) is 4.23. The highest BCUT2D eigenvalue weighted by Gasteiger charge is 2.19. The molecule has 2 heterocycles. The molecule has 6 nitrogen and oxygen atoms in total. The highest BCUT2D eigenvalue weighted by atomic mass is 15.2. The van der Waals surface area contributed by atoms with E-state index in [0.29, 0.717) is 11.5 Å². The normalized spacial score (nSPS) is 11.2. The Morgan fingerprint density at radius 3 is 2.54 bits per heavy atom. The van der Waals surface area contributed by atoms with Crippen LogP contribution in [0.4, 0.5) is 17.2 Å². The number of nitrogen functional groups attached to an aromatic ring is 1. The molecule has 3 N–H and O–H groups in total. The average molecular weight is 344 g/mol. The van der Waals surface area contributed by atoms with Crippen LogP contribution in [0.1, 0.15) is 19.9 Å². The van der Waals surface area contributed by atoms with Crippen molar-refractivity contribution in [1.29, 1.82) is 0 Å². The number of fused-ring (bicyclic) bond motifs is 1. The molecule has 0 amide bonds. The molecule has 0 aliphatic heterocycles. The van der Waals surface area contributed by atoms with Crippen molar-refractivity contribution in [3.05, 3.63) is 60.9 Å². The highest BCUT2D eigenvalue weighted by molar-refractivity contribution is 5.88. The van der Waals surface area contributed by atoms with Gasteiger partial charge >= 0.3 is 0 Å². The lowest BCUT2D eigenvalue weighted by Gasteiger charge is -2.12. The van der Waals surface area contributed by atoms with E-state index in [1.807, 2.05) is 54.6 Å². The van der Waals surface area contributed by atoms with Gasteiger partial charge in [-0.05, 0) is 38.1 Å². The second-order valence-electron chi connectivity index (χ2n) is 6.41. The zero-order valence-electron chi connectivity index (χ0n) is 14.7. The van der Waals surface area contributed by atoms with Crippen LogP contribution in [0.15, 0.2) is 60.9 Å². The van der Waals surface area contributed by atoms with Crippen molar-refractivity contribution in [3.63, 3.8) is 0 Å². The lowest BCUT2D eigenvalue weighted by molar-refractivity contribution is 0.619. The SMILES string of the molecule is CC(C)n1c(-c2cccc(N)c2)nc2c(Nc3ccccc3)ncnc21. The molecule has 0 radical (unpaired) electrons. The summed E-state index contributed by atoms with van der Waals surface area (Å²) >= 11 is 0. The van der Waals surface area contributed by atoms with E-state index in [4.69, 9.17) is 10.7 Å². The van der Waals surface area contributed by atoms with Gasteiger partial charge < -0.3 is 15.6 Å². The number of hydrogen-bond donors (Lipinski definition) is 2. The molecule has 0 aliphatic carbocycles. The molecule has 26 heavy (non-hydrogen) atoms. The summed E-state index contributed by atoms with van der Waals surface area (Å²) in [6, 6.07) is 17.8. The van der Waals surface area contributed by atoms with Crippen LogP contribution in [0.5, 0.6) is 0 Å². The quantitative estimate of drug-likeness (QED) is 0.536. The molecule has 4 aromatic rings. The molecule has 0 aliphatic rings. The zero-order chi connectivity index (χ0) is 18.1. The highest BCUT2D eigenvalue weighted by Crippen LogP contribution is 2.31. The maximum atomic E-state index is 5.97. The van der Waals surface area contributed by atoms with Crippen LogP contribution < -0.4 is 11.1 Å². The van der Waals surface area contributed by atoms with E-state index >= 15 is 0 Å². The van der Waals surface area contributed by atoms with Crippen molar-refractivity contribution in [2.24, 2.45) is 0 Å². The van der Waals surface area contributed by atoms with Gasteiger partial charge in [0.15, 0.2) is 17.0 Å². The summed E-state index contributed by atoms with van der Waals surface area (Å²) in [5.74, 6) is 1.52. The third kappa shape index (κ3) is 2.86. The van der Waals surface area contributed by atoms with Gasteiger partial charge in [-0.15, -0.1) is 0 Å².